The zero-order valence-corrected chi connectivity index (χ0v) is 18.7. The van der Waals surface area contributed by atoms with Crippen LogP contribution < -0.4 is 10.6 Å². The molecule has 0 unspecified atom stereocenters. The molecule has 160 valence electrons. The van der Waals surface area contributed by atoms with Crippen LogP contribution in [0.2, 0.25) is 10.0 Å². The summed E-state index contributed by atoms with van der Waals surface area (Å²) in [7, 11) is 0. The lowest BCUT2D eigenvalue weighted by molar-refractivity contribution is -0.117. The fraction of sp³-hybridized carbons (Fsp3) is 0.286. The van der Waals surface area contributed by atoms with Crippen molar-refractivity contribution in [2.75, 3.05) is 5.32 Å². The number of rotatable bonds is 5. The Morgan fingerprint density at radius 2 is 1.77 bits per heavy atom. The first-order valence-corrected chi connectivity index (χ1v) is 10.8. The Morgan fingerprint density at radius 3 is 2.39 bits per heavy atom. The molecule has 5 nitrogen and oxygen atoms in total. The third-order valence-corrected chi connectivity index (χ3v) is 7.01. The van der Waals surface area contributed by atoms with Crippen molar-refractivity contribution in [3.63, 3.8) is 0 Å². The number of hydrogen-bond acceptors (Lipinski definition) is 3. The smallest absolute Gasteiger partial charge is 0.254 e. The summed E-state index contributed by atoms with van der Waals surface area (Å²) in [6.07, 6.45) is 1.15. The van der Waals surface area contributed by atoms with Crippen molar-refractivity contribution in [3.05, 3.63) is 63.4 Å². The monoisotopic (exact) mass is 499 g/mol. The summed E-state index contributed by atoms with van der Waals surface area (Å²) in [5.74, 6) is -3.09. The molecule has 4 rings (SSSR count). The van der Waals surface area contributed by atoms with Crippen molar-refractivity contribution in [2.45, 2.75) is 28.6 Å². The van der Waals surface area contributed by atoms with E-state index in [1.54, 1.807) is 6.07 Å². The van der Waals surface area contributed by atoms with Crippen molar-refractivity contribution >= 4 is 63.9 Å². The molecule has 0 bridgehead atoms. The van der Waals surface area contributed by atoms with Crippen LogP contribution in [0.5, 0.6) is 0 Å². The molecule has 0 heterocycles. The van der Waals surface area contributed by atoms with Crippen molar-refractivity contribution in [2.24, 2.45) is 5.92 Å². The van der Waals surface area contributed by atoms with Gasteiger partial charge in [-0.1, -0.05) is 29.3 Å². The second-order valence-corrected chi connectivity index (χ2v) is 9.89. The maximum absolute atomic E-state index is 13.8. The Morgan fingerprint density at radius 1 is 1.10 bits per heavy atom. The van der Waals surface area contributed by atoms with E-state index in [1.165, 1.54) is 30.3 Å². The molecule has 2 fully saturated rings. The number of halogens is 5. The van der Waals surface area contributed by atoms with Crippen LogP contribution in [0.3, 0.4) is 0 Å². The highest BCUT2D eigenvalue weighted by molar-refractivity contribution is 6.53. The molecule has 0 aromatic heterocycles. The van der Waals surface area contributed by atoms with Gasteiger partial charge in [-0.05, 0) is 48.7 Å². The number of anilines is 1. The van der Waals surface area contributed by atoms with Crippen LogP contribution in [0.4, 0.5) is 10.1 Å². The number of nitriles is 1. The van der Waals surface area contributed by atoms with Crippen molar-refractivity contribution in [1.29, 1.82) is 5.26 Å². The van der Waals surface area contributed by atoms with Crippen molar-refractivity contribution < 1.29 is 14.0 Å². The Balaban J connectivity index is 1.50. The number of amides is 2. The predicted molar refractivity (Wildman–Crippen MR) is 117 cm³/mol. The molecule has 2 aliphatic rings. The van der Waals surface area contributed by atoms with E-state index in [2.05, 4.69) is 16.7 Å². The van der Waals surface area contributed by atoms with E-state index in [0.29, 0.717) is 24.1 Å². The lowest BCUT2D eigenvalue weighted by Crippen LogP contribution is -2.35. The maximum atomic E-state index is 13.8. The van der Waals surface area contributed by atoms with Gasteiger partial charge in [-0.2, -0.15) is 5.26 Å². The quantitative estimate of drug-likeness (QED) is 0.536. The number of carbonyl (C=O) groups is 2. The highest BCUT2D eigenvalue weighted by Crippen LogP contribution is 2.65. The molecule has 10 heteroatoms. The Kier molecular flexibility index (Phi) is 5.60. The SMILES string of the molecule is N#CC1(NC(=O)c2cc(NC(=O)[C@@H]3[C@@H](c4ccc(Cl)c(F)c4)C3(Cl)Cl)ccc2Cl)CC1. The maximum Gasteiger partial charge on any atom is 0.254 e. The van der Waals surface area contributed by atoms with E-state index in [4.69, 9.17) is 51.7 Å². The van der Waals surface area contributed by atoms with Crippen LogP contribution >= 0.6 is 46.4 Å². The third kappa shape index (κ3) is 4.20. The van der Waals surface area contributed by atoms with E-state index < -0.39 is 39.3 Å². The third-order valence-electron chi connectivity index (χ3n) is 5.43. The number of carbonyl (C=O) groups excluding carboxylic acids is 2. The second kappa shape index (κ2) is 7.83. The van der Waals surface area contributed by atoms with E-state index in [1.807, 2.05) is 0 Å². The highest BCUT2D eigenvalue weighted by atomic mass is 35.5. The number of alkyl halides is 2. The van der Waals surface area contributed by atoms with E-state index >= 15 is 0 Å². The first-order valence-electron chi connectivity index (χ1n) is 9.25. The average Bonchev–Trinajstić information content (AvgIpc) is 3.60. The van der Waals surface area contributed by atoms with Crippen LogP contribution in [-0.2, 0) is 4.79 Å². The lowest BCUT2D eigenvalue weighted by atomic mass is 10.1. The number of hydrogen-bond donors (Lipinski definition) is 2. The normalized spacial score (nSPS) is 22.2. The second-order valence-electron chi connectivity index (χ2n) is 7.64. The Labute approximate surface area is 197 Å². The van der Waals surface area contributed by atoms with Crippen molar-refractivity contribution in [3.8, 4) is 6.07 Å². The number of nitrogens with one attached hydrogen (secondary N) is 2. The standard InChI is InChI=1S/C21H14Cl4FN3O2/c22-13-4-2-11(8-12(13)18(30)29-20(9-27)5-6-20)28-19(31)17-16(21(17,24)25)10-1-3-14(23)15(26)7-10/h1-4,7-8,16-17H,5-6H2,(H,28,31)(H,29,30)/t16-,17+/m1/s1. The molecular weight excluding hydrogens is 487 g/mol. The Hall–Kier alpha value is -2.04. The van der Waals surface area contributed by atoms with Gasteiger partial charge in [0.15, 0.2) is 0 Å². The molecule has 0 aliphatic heterocycles. The predicted octanol–water partition coefficient (Wildman–Crippen LogP) is 5.44. The van der Waals surface area contributed by atoms with Gasteiger partial charge in [0.1, 0.15) is 15.7 Å². The molecule has 0 saturated heterocycles. The molecule has 0 radical (unpaired) electrons. The summed E-state index contributed by atoms with van der Waals surface area (Å²) < 4.78 is 12.4. The Bertz CT molecular complexity index is 1140. The van der Waals surface area contributed by atoms with Gasteiger partial charge in [-0.3, -0.25) is 9.59 Å². The molecule has 2 atom stereocenters. The zero-order valence-electron chi connectivity index (χ0n) is 15.7. The molecule has 2 N–H and O–H groups in total. The molecule has 2 aliphatic carbocycles. The fourth-order valence-corrected chi connectivity index (χ4v) is 4.59. The summed E-state index contributed by atoms with van der Waals surface area (Å²) in [4.78, 5) is 25.3. The van der Waals surface area contributed by atoms with Gasteiger partial charge < -0.3 is 10.6 Å². The minimum atomic E-state index is -1.41. The summed E-state index contributed by atoms with van der Waals surface area (Å²) in [5.41, 5.74) is 0.0232. The van der Waals surface area contributed by atoms with Crippen molar-refractivity contribution in [1.82, 2.24) is 5.32 Å². The summed E-state index contributed by atoms with van der Waals surface area (Å²) in [6, 6.07) is 10.6. The van der Waals surface area contributed by atoms with E-state index in [0.717, 1.165) is 0 Å². The summed E-state index contributed by atoms with van der Waals surface area (Å²) in [5, 5.41) is 14.6. The van der Waals surface area contributed by atoms with E-state index in [9.17, 15) is 14.0 Å². The van der Waals surface area contributed by atoms with Crippen LogP contribution in [-0.4, -0.2) is 21.7 Å². The molecule has 2 aromatic rings. The topological polar surface area (TPSA) is 82.0 Å². The zero-order chi connectivity index (χ0) is 22.6. The highest BCUT2D eigenvalue weighted by Gasteiger charge is 2.67. The average molecular weight is 501 g/mol. The molecule has 0 spiro atoms. The van der Waals surface area contributed by atoms with Gasteiger partial charge in [0.25, 0.3) is 5.91 Å². The van der Waals surface area contributed by atoms with Crippen LogP contribution in [0.15, 0.2) is 36.4 Å². The number of benzene rings is 2. The minimum absolute atomic E-state index is 0.0449. The first kappa shape index (κ1) is 22.2. The van der Waals surface area contributed by atoms with Crippen LogP contribution in [0.1, 0.15) is 34.7 Å². The largest absolute Gasteiger partial charge is 0.334 e. The lowest BCUT2D eigenvalue weighted by Gasteiger charge is -2.12. The molecular formula is C21H14Cl4FN3O2. The van der Waals surface area contributed by atoms with Crippen LogP contribution in [0, 0.1) is 23.1 Å². The fourth-order valence-electron chi connectivity index (χ4n) is 3.44. The van der Waals surface area contributed by atoms with Gasteiger partial charge in [0, 0.05) is 11.6 Å². The molecule has 2 amide bonds. The van der Waals surface area contributed by atoms with Gasteiger partial charge >= 0.3 is 0 Å². The minimum Gasteiger partial charge on any atom is -0.334 e. The van der Waals surface area contributed by atoms with E-state index in [-0.39, 0.29) is 15.6 Å². The number of nitrogens with zero attached hydrogens (tertiary/aromatic N) is 1. The van der Waals surface area contributed by atoms with Crippen LogP contribution in [0.25, 0.3) is 0 Å². The van der Waals surface area contributed by atoms with Gasteiger partial charge in [0.05, 0.1) is 27.6 Å². The molecule has 31 heavy (non-hydrogen) atoms. The first-order chi connectivity index (χ1) is 14.6. The van der Waals surface area contributed by atoms with Gasteiger partial charge in [-0.15, -0.1) is 23.2 Å². The molecule has 2 aromatic carbocycles. The van der Waals surface area contributed by atoms with Gasteiger partial charge in [0.2, 0.25) is 5.91 Å². The van der Waals surface area contributed by atoms with Gasteiger partial charge in [-0.25, -0.2) is 4.39 Å². The summed E-state index contributed by atoms with van der Waals surface area (Å²) in [6.45, 7) is 0. The molecule has 2 saturated carbocycles. The summed E-state index contributed by atoms with van der Waals surface area (Å²) >= 11 is 24.4.